The van der Waals surface area contributed by atoms with Gasteiger partial charge in [0.2, 0.25) is 21.8 Å². The standard InChI is InChI=1S/C17H20N4O4S/c1-10-19-17(25-20-10)15-9-21(8-14(15)16(18)22)26(23,24)13-6-5-11-3-2-4-12(11)7-13/h5-7,14-15H,2-4,8-9H2,1H3,(H2,18,22)/t14-,15-/m1/s1. The molecule has 0 bridgehead atoms. The van der Waals surface area contributed by atoms with Gasteiger partial charge in [0.25, 0.3) is 0 Å². The van der Waals surface area contributed by atoms with Crippen molar-refractivity contribution in [2.24, 2.45) is 11.7 Å². The van der Waals surface area contributed by atoms with Crippen molar-refractivity contribution in [2.75, 3.05) is 13.1 Å². The number of nitrogens with zero attached hydrogens (tertiary/aromatic N) is 3. The summed E-state index contributed by atoms with van der Waals surface area (Å²) in [6, 6.07) is 5.28. The van der Waals surface area contributed by atoms with E-state index in [4.69, 9.17) is 10.3 Å². The third-order valence-corrected chi connectivity index (χ3v) is 7.05. The number of sulfonamides is 1. The number of benzene rings is 1. The van der Waals surface area contributed by atoms with Gasteiger partial charge < -0.3 is 10.3 Å². The number of aromatic nitrogens is 2. The molecule has 1 amide bonds. The Morgan fingerprint density at radius 2 is 2.04 bits per heavy atom. The zero-order valence-electron chi connectivity index (χ0n) is 14.4. The quantitative estimate of drug-likeness (QED) is 0.841. The normalized spacial score (nSPS) is 23.3. The van der Waals surface area contributed by atoms with Crippen LogP contribution in [0.2, 0.25) is 0 Å². The molecule has 9 heteroatoms. The highest BCUT2D eigenvalue weighted by atomic mass is 32.2. The second kappa shape index (κ2) is 6.17. The van der Waals surface area contributed by atoms with Crippen molar-refractivity contribution in [1.29, 1.82) is 0 Å². The Labute approximate surface area is 151 Å². The Balaban J connectivity index is 1.66. The molecule has 1 aliphatic carbocycles. The van der Waals surface area contributed by atoms with Crippen LogP contribution in [0.3, 0.4) is 0 Å². The van der Waals surface area contributed by atoms with Gasteiger partial charge in [-0.1, -0.05) is 11.2 Å². The second-order valence-electron chi connectivity index (χ2n) is 6.90. The highest BCUT2D eigenvalue weighted by Crippen LogP contribution is 2.35. The number of hydrogen-bond acceptors (Lipinski definition) is 6. The van der Waals surface area contributed by atoms with E-state index in [-0.39, 0.29) is 23.9 Å². The lowest BCUT2D eigenvalue weighted by atomic mass is 9.95. The molecule has 138 valence electrons. The predicted molar refractivity (Wildman–Crippen MR) is 91.7 cm³/mol. The average molecular weight is 376 g/mol. The maximum Gasteiger partial charge on any atom is 0.243 e. The fourth-order valence-electron chi connectivity index (χ4n) is 3.82. The molecule has 8 nitrogen and oxygen atoms in total. The van der Waals surface area contributed by atoms with Gasteiger partial charge in [0.05, 0.1) is 16.7 Å². The van der Waals surface area contributed by atoms with Crippen LogP contribution in [0.4, 0.5) is 0 Å². The molecule has 1 aliphatic heterocycles. The highest BCUT2D eigenvalue weighted by Gasteiger charge is 2.45. The van der Waals surface area contributed by atoms with E-state index in [1.165, 1.54) is 9.87 Å². The van der Waals surface area contributed by atoms with E-state index in [9.17, 15) is 13.2 Å². The van der Waals surface area contributed by atoms with E-state index in [2.05, 4.69) is 10.1 Å². The molecule has 1 saturated heterocycles. The average Bonchev–Trinajstić information content (AvgIpc) is 3.32. The van der Waals surface area contributed by atoms with Crippen LogP contribution in [-0.4, -0.2) is 41.9 Å². The maximum absolute atomic E-state index is 13.1. The summed E-state index contributed by atoms with van der Waals surface area (Å²) in [5.74, 6) is -1.12. The Kier molecular flexibility index (Phi) is 4.07. The first-order valence-corrected chi connectivity index (χ1v) is 10.0. The Bertz CT molecular complexity index is 969. The monoisotopic (exact) mass is 376 g/mol. The van der Waals surface area contributed by atoms with E-state index in [1.54, 1.807) is 19.1 Å². The van der Waals surface area contributed by atoms with Crippen LogP contribution >= 0.6 is 0 Å². The Morgan fingerprint density at radius 3 is 2.73 bits per heavy atom. The van der Waals surface area contributed by atoms with Gasteiger partial charge >= 0.3 is 0 Å². The number of hydrogen-bond donors (Lipinski definition) is 1. The molecule has 0 radical (unpaired) electrons. The van der Waals surface area contributed by atoms with Gasteiger partial charge in [-0.25, -0.2) is 8.42 Å². The first-order chi connectivity index (χ1) is 12.4. The smallest absolute Gasteiger partial charge is 0.243 e. The van der Waals surface area contributed by atoms with Gasteiger partial charge in [0.1, 0.15) is 0 Å². The van der Waals surface area contributed by atoms with E-state index < -0.39 is 27.8 Å². The first kappa shape index (κ1) is 17.2. The van der Waals surface area contributed by atoms with Crippen molar-refractivity contribution in [2.45, 2.75) is 37.0 Å². The van der Waals surface area contributed by atoms with Crippen LogP contribution in [0.15, 0.2) is 27.6 Å². The minimum Gasteiger partial charge on any atom is -0.369 e. The van der Waals surface area contributed by atoms with Gasteiger partial charge in [0, 0.05) is 13.1 Å². The van der Waals surface area contributed by atoms with E-state index in [0.29, 0.717) is 5.82 Å². The summed E-state index contributed by atoms with van der Waals surface area (Å²) >= 11 is 0. The molecule has 2 atom stereocenters. The summed E-state index contributed by atoms with van der Waals surface area (Å²) < 4.78 is 32.6. The third-order valence-electron chi connectivity index (χ3n) is 5.22. The predicted octanol–water partition coefficient (Wildman–Crippen LogP) is 0.756. The van der Waals surface area contributed by atoms with Gasteiger partial charge in [-0.15, -0.1) is 0 Å². The number of carbonyl (C=O) groups excluding carboxylic acids is 1. The summed E-state index contributed by atoms with van der Waals surface area (Å²) in [4.78, 5) is 16.3. The minimum absolute atomic E-state index is 0.0147. The largest absolute Gasteiger partial charge is 0.369 e. The lowest BCUT2D eigenvalue weighted by Crippen LogP contribution is -2.32. The molecule has 26 heavy (non-hydrogen) atoms. The summed E-state index contributed by atoms with van der Waals surface area (Å²) in [5.41, 5.74) is 7.79. The molecule has 1 aromatic heterocycles. The van der Waals surface area contributed by atoms with Gasteiger partial charge in [0.15, 0.2) is 5.82 Å². The van der Waals surface area contributed by atoms with Crippen LogP contribution in [0.1, 0.15) is 35.2 Å². The summed E-state index contributed by atoms with van der Waals surface area (Å²) in [6.45, 7) is 1.77. The highest BCUT2D eigenvalue weighted by molar-refractivity contribution is 7.89. The second-order valence-corrected chi connectivity index (χ2v) is 8.84. The molecule has 2 heterocycles. The summed E-state index contributed by atoms with van der Waals surface area (Å²) in [5, 5.41) is 3.73. The molecule has 4 rings (SSSR count). The van der Waals surface area contributed by atoms with Crippen molar-refractivity contribution >= 4 is 15.9 Å². The SMILES string of the molecule is Cc1noc([C@@H]2CN(S(=O)(=O)c3ccc4c(c3)CCC4)C[C@H]2C(N)=O)n1. The lowest BCUT2D eigenvalue weighted by molar-refractivity contribution is -0.121. The fraction of sp³-hybridized carbons (Fsp3) is 0.471. The number of nitrogens with two attached hydrogens (primary N) is 1. The van der Waals surface area contributed by atoms with E-state index in [1.807, 2.05) is 6.07 Å². The molecule has 0 spiro atoms. The van der Waals surface area contributed by atoms with Crippen molar-refractivity contribution in [3.05, 3.63) is 41.0 Å². The van der Waals surface area contributed by atoms with Gasteiger partial charge in [-0.3, -0.25) is 4.79 Å². The number of fused-ring (bicyclic) bond motifs is 1. The molecule has 2 aromatic rings. The molecule has 1 aromatic carbocycles. The van der Waals surface area contributed by atoms with Crippen LogP contribution in [0, 0.1) is 12.8 Å². The van der Waals surface area contributed by atoms with E-state index >= 15 is 0 Å². The Hall–Kier alpha value is -2.26. The van der Waals surface area contributed by atoms with E-state index in [0.717, 1.165) is 24.8 Å². The molecule has 1 fully saturated rings. The van der Waals surface area contributed by atoms with Crippen molar-refractivity contribution in [1.82, 2.24) is 14.4 Å². The fourth-order valence-corrected chi connectivity index (χ4v) is 5.37. The third kappa shape index (κ3) is 2.80. The lowest BCUT2D eigenvalue weighted by Gasteiger charge is -2.16. The van der Waals surface area contributed by atoms with Crippen LogP contribution < -0.4 is 5.73 Å². The molecular formula is C17H20N4O4S. The minimum atomic E-state index is -3.73. The number of amides is 1. The zero-order valence-corrected chi connectivity index (χ0v) is 15.2. The number of primary amides is 1. The summed E-state index contributed by atoms with van der Waals surface area (Å²) in [6.07, 6.45) is 2.93. The number of aryl methyl sites for hydroxylation is 3. The topological polar surface area (TPSA) is 119 Å². The van der Waals surface area contributed by atoms with Crippen LogP contribution in [0.5, 0.6) is 0 Å². The van der Waals surface area contributed by atoms with Crippen molar-refractivity contribution in [3.63, 3.8) is 0 Å². The Morgan fingerprint density at radius 1 is 1.27 bits per heavy atom. The van der Waals surface area contributed by atoms with Crippen LogP contribution in [0.25, 0.3) is 0 Å². The molecule has 2 N–H and O–H groups in total. The van der Waals surface area contributed by atoms with Crippen molar-refractivity contribution < 1.29 is 17.7 Å². The molecular weight excluding hydrogens is 356 g/mol. The van der Waals surface area contributed by atoms with Gasteiger partial charge in [-0.2, -0.15) is 9.29 Å². The first-order valence-electron chi connectivity index (χ1n) is 8.58. The van der Waals surface area contributed by atoms with Gasteiger partial charge in [-0.05, 0) is 49.4 Å². The molecule has 2 aliphatic rings. The number of rotatable bonds is 4. The molecule has 0 saturated carbocycles. The van der Waals surface area contributed by atoms with Crippen LogP contribution in [-0.2, 0) is 27.7 Å². The number of carbonyl (C=O) groups is 1. The maximum atomic E-state index is 13.1. The zero-order chi connectivity index (χ0) is 18.5. The molecule has 0 unspecified atom stereocenters. The van der Waals surface area contributed by atoms with Crippen molar-refractivity contribution in [3.8, 4) is 0 Å². The summed E-state index contributed by atoms with van der Waals surface area (Å²) in [7, 11) is -3.73.